The quantitative estimate of drug-likeness (QED) is 0.848. The topological polar surface area (TPSA) is 42.0 Å². The number of hydrogen-bond acceptors (Lipinski definition) is 3. The molecule has 2 rings (SSSR count). The standard InChI is InChI=1S/C13H13ClN2OS/c14-12-9-10(6-7-15-12)16-13(17)5-1-3-11-4-2-8-18-11/h2,4,6-9H,1,3,5H2,(H,15,16,17). The highest BCUT2D eigenvalue weighted by molar-refractivity contribution is 7.09. The number of amides is 1. The Balaban J connectivity index is 1.75. The van der Waals surface area contributed by atoms with Crippen molar-refractivity contribution in [2.24, 2.45) is 0 Å². The molecule has 3 nitrogen and oxygen atoms in total. The molecule has 0 radical (unpaired) electrons. The van der Waals surface area contributed by atoms with Gasteiger partial charge in [0.05, 0.1) is 0 Å². The number of aryl methyl sites for hydroxylation is 1. The molecule has 0 bridgehead atoms. The van der Waals surface area contributed by atoms with E-state index in [1.165, 1.54) is 4.88 Å². The summed E-state index contributed by atoms with van der Waals surface area (Å²) in [5.74, 6) is 0.00817. The van der Waals surface area contributed by atoms with Crippen molar-refractivity contribution in [3.05, 3.63) is 45.9 Å². The van der Waals surface area contributed by atoms with Crippen molar-refractivity contribution in [1.29, 1.82) is 0 Å². The molecule has 94 valence electrons. The number of carbonyl (C=O) groups excluding carboxylic acids is 1. The summed E-state index contributed by atoms with van der Waals surface area (Å²) >= 11 is 7.46. The van der Waals surface area contributed by atoms with Crippen molar-refractivity contribution in [3.63, 3.8) is 0 Å². The third-order valence-electron chi connectivity index (χ3n) is 2.42. The van der Waals surface area contributed by atoms with Crippen LogP contribution in [0.3, 0.4) is 0 Å². The Morgan fingerprint density at radius 2 is 2.33 bits per heavy atom. The third-order valence-corrected chi connectivity index (χ3v) is 3.56. The van der Waals surface area contributed by atoms with Gasteiger partial charge in [0.25, 0.3) is 0 Å². The van der Waals surface area contributed by atoms with E-state index >= 15 is 0 Å². The van der Waals surface area contributed by atoms with Crippen LogP contribution in [0.15, 0.2) is 35.8 Å². The maximum atomic E-state index is 11.7. The Hall–Kier alpha value is -1.39. The highest BCUT2D eigenvalue weighted by Gasteiger charge is 2.03. The fourth-order valence-corrected chi connectivity index (χ4v) is 2.51. The molecule has 18 heavy (non-hydrogen) atoms. The van der Waals surface area contributed by atoms with Crippen molar-refractivity contribution in [3.8, 4) is 0 Å². The average Bonchev–Trinajstić information content (AvgIpc) is 2.82. The fraction of sp³-hybridized carbons (Fsp3) is 0.231. The van der Waals surface area contributed by atoms with E-state index in [9.17, 15) is 4.79 Å². The van der Waals surface area contributed by atoms with Gasteiger partial charge in [-0.25, -0.2) is 4.98 Å². The van der Waals surface area contributed by atoms with Crippen molar-refractivity contribution < 1.29 is 4.79 Å². The summed E-state index contributed by atoms with van der Waals surface area (Å²) in [6.07, 6.45) is 3.88. The number of pyridine rings is 1. The number of nitrogens with one attached hydrogen (secondary N) is 1. The van der Waals surface area contributed by atoms with E-state index in [-0.39, 0.29) is 5.91 Å². The van der Waals surface area contributed by atoms with Gasteiger partial charge in [0.1, 0.15) is 5.15 Å². The molecular weight excluding hydrogens is 268 g/mol. The van der Waals surface area contributed by atoms with E-state index in [4.69, 9.17) is 11.6 Å². The van der Waals surface area contributed by atoms with Crippen LogP contribution >= 0.6 is 22.9 Å². The summed E-state index contributed by atoms with van der Waals surface area (Å²) in [5, 5.41) is 5.23. The van der Waals surface area contributed by atoms with Crippen LogP contribution in [0.4, 0.5) is 5.69 Å². The summed E-state index contributed by atoms with van der Waals surface area (Å²) in [4.78, 5) is 16.9. The summed E-state index contributed by atoms with van der Waals surface area (Å²) < 4.78 is 0. The van der Waals surface area contributed by atoms with E-state index in [0.717, 1.165) is 12.8 Å². The van der Waals surface area contributed by atoms with Crippen LogP contribution in [0.1, 0.15) is 17.7 Å². The first-order valence-corrected chi connectivity index (χ1v) is 6.93. The van der Waals surface area contributed by atoms with Crippen molar-refractivity contribution in [2.75, 3.05) is 5.32 Å². The van der Waals surface area contributed by atoms with Crippen LogP contribution < -0.4 is 5.32 Å². The first kappa shape index (κ1) is 13.1. The van der Waals surface area contributed by atoms with Gasteiger partial charge in [-0.1, -0.05) is 17.7 Å². The van der Waals surface area contributed by atoms with E-state index < -0.39 is 0 Å². The molecule has 1 N–H and O–H groups in total. The minimum atomic E-state index is 0.00817. The van der Waals surface area contributed by atoms with Gasteiger partial charge < -0.3 is 5.32 Å². The Bertz CT molecular complexity index is 513. The zero-order chi connectivity index (χ0) is 12.8. The van der Waals surface area contributed by atoms with Gasteiger partial charge in [-0.15, -0.1) is 11.3 Å². The fourth-order valence-electron chi connectivity index (χ4n) is 1.58. The Morgan fingerprint density at radius 1 is 1.44 bits per heavy atom. The molecule has 0 aliphatic rings. The molecule has 0 aromatic carbocycles. The second-order valence-electron chi connectivity index (χ2n) is 3.85. The van der Waals surface area contributed by atoms with E-state index in [1.54, 1.807) is 29.7 Å². The Morgan fingerprint density at radius 3 is 3.06 bits per heavy atom. The van der Waals surface area contributed by atoms with Gasteiger partial charge in [0.15, 0.2) is 0 Å². The highest BCUT2D eigenvalue weighted by Crippen LogP contribution is 2.14. The molecule has 5 heteroatoms. The molecule has 2 aromatic rings. The number of anilines is 1. The largest absolute Gasteiger partial charge is 0.326 e. The lowest BCUT2D eigenvalue weighted by Gasteiger charge is -2.04. The third kappa shape index (κ3) is 4.13. The molecule has 2 aromatic heterocycles. The molecule has 0 saturated heterocycles. The number of hydrogen-bond donors (Lipinski definition) is 1. The first-order valence-electron chi connectivity index (χ1n) is 5.68. The van der Waals surface area contributed by atoms with Gasteiger partial charge in [-0.3, -0.25) is 4.79 Å². The molecule has 2 heterocycles. The van der Waals surface area contributed by atoms with Gasteiger partial charge in [-0.2, -0.15) is 0 Å². The van der Waals surface area contributed by atoms with Crippen molar-refractivity contribution >= 4 is 34.5 Å². The summed E-state index contributed by atoms with van der Waals surface area (Å²) in [6.45, 7) is 0. The minimum absolute atomic E-state index is 0.00817. The lowest BCUT2D eigenvalue weighted by molar-refractivity contribution is -0.116. The second kappa shape index (κ2) is 6.52. The lowest BCUT2D eigenvalue weighted by Crippen LogP contribution is -2.11. The molecular formula is C13H13ClN2OS. The van der Waals surface area contributed by atoms with Crippen LogP contribution in [-0.4, -0.2) is 10.9 Å². The molecule has 0 saturated carbocycles. The molecule has 0 aliphatic heterocycles. The maximum absolute atomic E-state index is 11.7. The van der Waals surface area contributed by atoms with Crippen LogP contribution in [0, 0.1) is 0 Å². The second-order valence-corrected chi connectivity index (χ2v) is 5.27. The number of thiophene rings is 1. The van der Waals surface area contributed by atoms with Gasteiger partial charge >= 0.3 is 0 Å². The molecule has 0 aliphatic carbocycles. The number of aromatic nitrogens is 1. The van der Waals surface area contributed by atoms with E-state index in [1.807, 2.05) is 11.4 Å². The zero-order valence-electron chi connectivity index (χ0n) is 9.73. The van der Waals surface area contributed by atoms with Crippen LogP contribution in [0.5, 0.6) is 0 Å². The number of rotatable bonds is 5. The van der Waals surface area contributed by atoms with Gasteiger partial charge in [0.2, 0.25) is 5.91 Å². The summed E-state index contributed by atoms with van der Waals surface area (Å²) in [5.41, 5.74) is 0.691. The molecule has 0 unspecified atom stereocenters. The number of carbonyl (C=O) groups is 1. The zero-order valence-corrected chi connectivity index (χ0v) is 11.3. The van der Waals surface area contributed by atoms with Crippen molar-refractivity contribution in [1.82, 2.24) is 4.98 Å². The van der Waals surface area contributed by atoms with Crippen LogP contribution in [0.2, 0.25) is 5.15 Å². The maximum Gasteiger partial charge on any atom is 0.224 e. The van der Waals surface area contributed by atoms with Gasteiger partial charge in [-0.05, 0) is 36.4 Å². The van der Waals surface area contributed by atoms with Crippen LogP contribution in [-0.2, 0) is 11.2 Å². The SMILES string of the molecule is O=C(CCCc1cccs1)Nc1ccnc(Cl)c1. The molecule has 1 amide bonds. The van der Waals surface area contributed by atoms with Gasteiger partial charge in [0, 0.05) is 23.2 Å². The number of nitrogens with zero attached hydrogens (tertiary/aromatic N) is 1. The van der Waals surface area contributed by atoms with E-state index in [2.05, 4.69) is 16.4 Å². The molecule has 0 atom stereocenters. The smallest absolute Gasteiger partial charge is 0.224 e. The molecule has 0 spiro atoms. The van der Waals surface area contributed by atoms with E-state index in [0.29, 0.717) is 17.3 Å². The monoisotopic (exact) mass is 280 g/mol. The number of halogens is 1. The Kier molecular flexibility index (Phi) is 4.73. The highest BCUT2D eigenvalue weighted by atomic mass is 35.5. The normalized spacial score (nSPS) is 10.3. The first-order chi connectivity index (χ1) is 8.74. The molecule has 0 fully saturated rings. The Labute approximate surface area is 115 Å². The summed E-state index contributed by atoms with van der Waals surface area (Å²) in [7, 11) is 0. The summed E-state index contributed by atoms with van der Waals surface area (Å²) in [6, 6.07) is 7.48. The average molecular weight is 281 g/mol. The lowest BCUT2D eigenvalue weighted by atomic mass is 10.2. The predicted molar refractivity (Wildman–Crippen MR) is 75.1 cm³/mol. The van der Waals surface area contributed by atoms with Crippen molar-refractivity contribution in [2.45, 2.75) is 19.3 Å². The minimum Gasteiger partial charge on any atom is -0.326 e. The van der Waals surface area contributed by atoms with Crippen LogP contribution in [0.25, 0.3) is 0 Å². The predicted octanol–water partition coefficient (Wildman–Crippen LogP) is 3.76.